The largest absolute Gasteiger partial charge is 0.371 e. The summed E-state index contributed by atoms with van der Waals surface area (Å²) in [6, 6.07) is 16.8. The molecule has 3 atom stereocenters. The normalized spacial score (nSPS) is 25.4. The average Bonchev–Trinajstić information content (AvgIpc) is 3.29. The highest BCUT2D eigenvalue weighted by Crippen LogP contribution is 2.51. The monoisotopic (exact) mass is 471 g/mol. The number of piperidine rings is 1. The van der Waals surface area contributed by atoms with E-state index in [0.717, 1.165) is 70.4 Å². The molecule has 0 radical (unpaired) electrons. The van der Waals surface area contributed by atoms with Gasteiger partial charge in [0.25, 0.3) is 5.54 Å². The van der Waals surface area contributed by atoms with Gasteiger partial charge in [-0.3, -0.25) is 0 Å². The van der Waals surface area contributed by atoms with Crippen LogP contribution in [0.4, 0.5) is 10.1 Å². The van der Waals surface area contributed by atoms with Crippen molar-refractivity contribution in [2.45, 2.75) is 43.7 Å². The molecular weight excluding hydrogens is 437 g/mol. The predicted octanol–water partition coefficient (Wildman–Crippen LogP) is 4.79. The van der Waals surface area contributed by atoms with Crippen LogP contribution >= 0.6 is 0 Å². The number of rotatable bonds is 6. The van der Waals surface area contributed by atoms with E-state index in [4.69, 9.17) is 17.6 Å². The topological polar surface area (TPSA) is 60.6 Å². The Labute approximate surface area is 208 Å². The molecule has 6 heteroatoms. The van der Waals surface area contributed by atoms with Crippen LogP contribution in [0.1, 0.15) is 43.2 Å². The summed E-state index contributed by atoms with van der Waals surface area (Å²) in [5.41, 5.74) is 8.53. The molecule has 2 aromatic carbocycles. The molecule has 5 rings (SSSR count). The van der Waals surface area contributed by atoms with Crippen molar-refractivity contribution >= 4 is 5.69 Å². The summed E-state index contributed by atoms with van der Waals surface area (Å²) in [6.45, 7) is 13.5. The number of halogens is 1. The lowest BCUT2D eigenvalue weighted by atomic mass is 9.65. The van der Waals surface area contributed by atoms with E-state index in [9.17, 15) is 4.39 Å². The van der Waals surface area contributed by atoms with Crippen LogP contribution in [0.15, 0.2) is 48.5 Å². The van der Waals surface area contributed by atoms with E-state index in [0.29, 0.717) is 11.5 Å². The van der Waals surface area contributed by atoms with Crippen LogP contribution in [0.5, 0.6) is 0 Å². The number of nitriles is 1. The van der Waals surface area contributed by atoms with E-state index < -0.39 is 5.54 Å². The molecule has 1 aliphatic carbocycles. The van der Waals surface area contributed by atoms with Gasteiger partial charge in [0.05, 0.1) is 17.6 Å². The van der Waals surface area contributed by atoms with Gasteiger partial charge in [-0.2, -0.15) is 5.26 Å². The van der Waals surface area contributed by atoms with Crippen LogP contribution in [0, 0.1) is 41.5 Å². The zero-order valence-corrected chi connectivity index (χ0v) is 20.2. The molecule has 2 aliphatic heterocycles. The Morgan fingerprint density at radius 1 is 1.09 bits per heavy atom. The van der Waals surface area contributed by atoms with Crippen molar-refractivity contribution in [2.75, 3.05) is 37.6 Å². The lowest BCUT2D eigenvalue weighted by molar-refractivity contribution is 0.0947. The lowest BCUT2D eigenvalue weighted by Crippen LogP contribution is -2.54. The maximum atomic E-state index is 14.3. The third-order valence-electron chi connectivity index (χ3n) is 8.65. The molecule has 3 fully saturated rings. The van der Waals surface area contributed by atoms with E-state index in [1.165, 1.54) is 11.8 Å². The fraction of sp³-hybridized carbons (Fsp3) is 0.517. The van der Waals surface area contributed by atoms with E-state index >= 15 is 0 Å². The summed E-state index contributed by atoms with van der Waals surface area (Å²) in [4.78, 5) is 9.23. The van der Waals surface area contributed by atoms with Crippen molar-refractivity contribution in [3.63, 3.8) is 0 Å². The molecule has 5 nitrogen and oxygen atoms in total. The maximum Gasteiger partial charge on any atom is 0.264 e. The Morgan fingerprint density at radius 3 is 2.43 bits per heavy atom. The van der Waals surface area contributed by atoms with Gasteiger partial charge in [0.2, 0.25) is 0 Å². The molecule has 1 saturated carbocycles. The Balaban J connectivity index is 1.22. The summed E-state index contributed by atoms with van der Waals surface area (Å²) in [7, 11) is 0. The number of hydrogen-bond acceptors (Lipinski definition) is 4. The highest BCUT2D eigenvalue weighted by Gasteiger charge is 2.57. The van der Waals surface area contributed by atoms with Crippen molar-refractivity contribution < 1.29 is 4.39 Å². The number of likely N-dealkylation sites (tertiary alicyclic amines) is 1. The first-order valence-electron chi connectivity index (χ1n) is 12.9. The minimum atomic E-state index is -0.729. The molecule has 2 aromatic rings. The first-order chi connectivity index (χ1) is 17.0. The Hall–Kier alpha value is -2.93. The zero-order valence-electron chi connectivity index (χ0n) is 20.2. The molecule has 2 N–H and O–H groups in total. The van der Waals surface area contributed by atoms with Gasteiger partial charge in [-0.25, -0.2) is 11.0 Å². The van der Waals surface area contributed by atoms with Crippen LogP contribution in [-0.2, 0) is 5.54 Å². The summed E-state index contributed by atoms with van der Waals surface area (Å²) >= 11 is 0. The second kappa shape index (κ2) is 9.97. The number of nitrogens with two attached hydrogens (primary N) is 1. The highest BCUT2D eigenvalue weighted by atomic mass is 19.1. The van der Waals surface area contributed by atoms with Gasteiger partial charge >= 0.3 is 0 Å². The predicted molar refractivity (Wildman–Crippen MR) is 136 cm³/mol. The highest BCUT2D eigenvalue weighted by molar-refractivity contribution is 5.51. The van der Waals surface area contributed by atoms with Crippen molar-refractivity contribution in [3.8, 4) is 6.07 Å². The van der Waals surface area contributed by atoms with Gasteiger partial charge in [-0.1, -0.05) is 18.6 Å². The summed E-state index contributed by atoms with van der Waals surface area (Å²) < 4.78 is 14.3. The quantitative estimate of drug-likeness (QED) is 0.616. The summed E-state index contributed by atoms with van der Waals surface area (Å²) in [5, 5.41) is 8.99. The van der Waals surface area contributed by atoms with Gasteiger partial charge in [-0.05, 0) is 75.2 Å². The van der Waals surface area contributed by atoms with Gasteiger partial charge in [0, 0.05) is 48.8 Å². The summed E-state index contributed by atoms with van der Waals surface area (Å²) in [5.74, 6) is 0.658. The number of hydrogen-bond donors (Lipinski definition) is 1. The van der Waals surface area contributed by atoms with E-state index in [2.05, 4.69) is 20.7 Å². The van der Waals surface area contributed by atoms with E-state index in [-0.39, 0.29) is 23.7 Å². The van der Waals surface area contributed by atoms with Crippen LogP contribution < -0.4 is 10.6 Å². The van der Waals surface area contributed by atoms with Crippen LogP contribution in [0.25, 0.3) is 4.85 Å². The van der Waals surface area contributed by atoms with Gasteiger partial charge in [-0.15, -0.1) is 0 Å². The van der Waals surface area contributed by atoms with Gasteiger partial charge < -0.3 is 20.4 Å². The lowest BCUT2D eigenvalue weighted by Gasteiger charge is -2.46. The first-order valence-corrected chi connectivity index (χ1v) is 12.9. The van der Waals surface area contributed by atoms with Gasteiger partial charge in [0.1, 0.15) is 5.82 Å². The smallest absolute Gasteiger partial charge is 0.264 e. The minimum Gasteiger partial charge on any atom is -0.371 e. The molecule has 0 spiro atoms. The van der Waals surface area contributed by atoms with E-state index in [1.807, 2.05) is 30.3 Å². The third-order valence-corrected chi connectivity index (χ3v) is 8.65. The molecule has 35 heavy (non-hydrogen) atoms. The Kier molecular flexibility index (Phi) is 6.78. The molecule has 0 unspecified atom stereocenters. The Morgan fingerprint density at radius 2 is 1.83 bits per heavy atom. The molecule has 0 aromatic heterocycles. The maximum absolute atomic E-state index is 14.3. The van der Waals surface area contributed by atoms with Crippen molar-refractivity contribution in [1.82, 2.24) is 4.90 Å². The molecule has 0 amide bonds. The van der Waals surface area contributed by atoms with Crippen LogP contribution in [0.3, 0.4) is 0 Å². The number of benzene rings is 2. The molecule has 182 valence electrons. The average molecular weight is 472 g/mol. The number of anilines is 1. The fourth-order valence-electron chi connectivity index (χ4n) is 6.83. The standard InChI is InChI=1S/C29H34FN5/c1-33-29(27-6-3-7-28(27)32,24-4-2-5-25(30)16-24)23-12-14-34(15-13-23)18-22-19-35(20-22)26-10-8-21(17-31)9-11-26/h2,4-5,8-11,16,22-23,27-28H,3,6-7,12-15,18-20,32H2/t27-,28-,29+/m0/s1. The second-order valence-corrected chi connectivity index (χ2v) is 10.7. The first kappa shape index (κ1) is 23.8. The van der Waals surface area contributed by atoms with Gasteiger partial charge in [0.15, 0.2) is 0 Å². The van der Waals surface area contributed by atoms with Crippen LogP contribution in [0.2, 0.25) is 0 Å². The zero-order chi connectivity index (χ0) is 24.4. The Bertz CT molecular complexity index is 1110. The fourth-order valence-corrected chi connectivity index (χ4v) is 6.83. The van der Waals surface area contributed by atoms with Crippen molar-refractivity contribution in [2.24, 2.45) is 23.5 Å². The molecule has 0 bridgehead atoms. The number of nitrogens with zero attached hydrogens (tertiary/aromatic N) is 4. The molecule has 2 heterocycles. The third kappa shape index (κ3) is 4.54. The second-order valence-electron chi connectivity index (χ2n) is 10.7. The molecular formula is C29H34FN5. The molecule has 2 saturated heterocycles. The molecule has 3 aliphatic rings. The van der Waals surface area contributed by atoms with Crippen molar-refractivity contribution in [3.05, 3.63) is 76.9 Å². The minimum absolute atomic E-state index is 0.00795. The van der Waals surface area contributed by atoms with Crippen LogP contribution in [-0.4, -0.2) is 43.7 Å². The van der Waals surface area contributed by atoms with Crippen molar-refractivity contribution in [1.29, 1.82) is 5.26 Å². The van der Waals surface area contributed by atoms with E-state index in [1.54, 1.807) is 12.1 Å². The summed E-state index contributed by atoms with van der Waals surface area (Å²) in [6.07, 6.45) is 4.86. The SMILES string of the molecule is [C-]#[N+][C@@](c1cccc(F)c1)(C1CCN(CC2CN(c3ccc(C#N)cc3)C2)CC1)[C@H]1CCC[C@@H]1N.